The molecule has 19 heavy (non-hydrogen) atoms. The third kappa shape index (κ3) is 3.42. The zero-order valence-electron chi connectivity index (χ0n) is 10.7. The first-order valence-corrected chi connectivity index (χ1v) is 6.83. The van der Waals surface area contributed by atoms with Crippen LogP contribution in [0.4, 0.5) is 10.1 Å². The molecule has 1 aromatic rings. The van der Waals surface area contributed by atoms with Crippen molar-refractivity contribution < 1.29 is 22.3 Å². The van der Waals surface area contributed by atoms with Gasteiger partial charge >= 0.3 is 5.97 Å². The van der Waals surface area contributed by atoms with E-state index < -0.39 is 32.7 Å². The molecule has 0 aliphatic heterocycles. The molecule has 1 unspecified atom stereocenters. The first-order valence-electron chi connectivity index (χ1n) is 5.35. The van der Waals surface area contributed by atoms with Crippen molar-refractivity contribution in [3.8, 4) is 0 Å². The van der Waals surface area contributed by atoms with E-state index in [2.05, 4.69) is 4.74 Å². The molecule has 0 radical (unpaired) electrons. The molecule has 1 aromatic carbocycles. The van der Waals surface area contributed by atoms with Gasteiger partial charge in [0, 0.05) is 5.69 Å². The standard InChI is InChI=1S/C11H15FN2O4S/c1-6-4-8(12)10(5-9(6)13)19(16,17)14-7(2)11(15)18-3/h4-5,7,14H,13H2,1-3H3. The molecule has 8 heteroatoms. The van der Waals surface area contributed by atoms with E-state index in [4.69, 9.17) is 5.73 Å². The minimum atomic E-state index is -4.19. The molecule has 6 nitrogen and oxygen atoms in total. The van der Waals surface area contributed by atoms with Crippen molar-refractivity contribution >= 4 is 21.7 Å². The van der Waals surface area contributed by atoms with E-state index in [9.17, 15) is 17.6 Å². The Labute approximate surface area is 110 Å². The minimum absolute atomic E-state index is 0.146. The summed E-state index contributed by atoms with van der Waals surface area (Å²) in [6, 6.07) is 0.904. The van der Waals surface area contributed by atoms with Gasteiger partial charge in [-0.05, 0) is 31.5 Å². The highest BCUT2D eigenvalue weighted by Gasteiger charge is 2.25. The van der Waals surface area contributed by atoms with Gasteiger partial charge in [-0.1, -0.05) is 0 Å². The molecular formula is C11H15FN2O4S. The van der Waals surface area contributed by atoms with E-state index >= 15 is 0 Å². The lowest BCUT2D eigenvalue weighted by atomic mass is 10.2. The summed E-state index contributed by atoms with van der Waals surface area (Å²) in [5.74, 6) is -1.71. The molecule has 0 aromatic heterocycles. The van der Waals surface area contributed by atoms with Crippen molar-refractivity contribution in [2.75, 3.05) is 12.8 Å². The second-order valence-electron chi connectivity index (χ2n) is 4.01. The molecular weight excluding hydrogens is 275 g/mol. The van der Waals surface area contributed by atoms with E-state index in [-0.39, 0.29) is 5.69 Å². The molecule has 0 bridgehead atoms. The van der Waals surface area contributed by atoms with Crippen molar-refractivity contribution in [1.29, 1.82) is 0 Å². The Morgan fingerprint density at radius 2 is 2.05 bits per heavy atom. The van der Waals surface area contributed by atoms with Crippen LogP contribution in [0.5, 0.6) is 0 Å². The molecule has 0 heterocycles. The van der Waals surface area contributed by atoms with Crippen molar-refractivity contribution in [1.82, 2.24) is 4.72 Å². The summed E-state index contributed by atoms with van der Waals surface area (Å²) >= 11 is 0. The number of hydrogen-bond acceptors (Lipinski definition) is 5. The Hall–Kier alpha value is -1.67. The van der Waals surface area contributed by atoms with Gasteiger partial charge in [0.05, 0.1) is 7.11 Å². The van der Waals surface area contributed by atoms with E-state index in [1.165, 1.54) is 6.92 Å². The molecule has 0 aliphatic rings. The van der Waals surface area contributed by atoms with Crippen LogP contribution in [0.15, 0.2) is 17.0 Å². The molecule has 0 saturated carbocycles. The number of nitrogens with one attached hydrogen (secondary N) is 1. The van der Waals surface area contributed by atoms with Gasteiger partial charge in [0.25, 0.3) is 0 Å². The minimum Gasteiger partial charge on any atom is -0.468 e. The van der Waals surface area contributed by atoms with Crippen LogP contribution in [-0.2, 0) is 19.6 Å². The third-order valence-electron chi connectivity index (χ3n) is 2.50. The fourth-order valence-electron chi connectivity index (χ4n) is 1.40. The normalized spacial score (nSPS) is 13.1. The highest BCUT2D eigenvalue weighted by Crippen LogP contribution is 2.21. The fourth-order valence-corrected chi connectivity index (χ4v) is 2.68. The first kappa shape index (κ1) is 15.4. The number of benzene rings is 1. The molecule has 3 N–H and O–H groups in total. The lowest BCUT2D eigenvalue weighted by Gasteiger charge is -2.13. The van der Waals surface area contributed by atoms with Crippen LogP contribution in [0, 0.1) is 12.7 Å². The lowest BCUT2D eigenvalue weighted by molar-refractivity contribution is -0.142. The topological polar surface area (TPSA) is 98.5 Å². The Balaban J connectivity index is 3.14. The summed E-state index contributed by atoms with van der Waals surface area (Å²) in [5, 5.41) is 0. The van der Waals surface area contributed by atoms with Gasteiger partial charge in [-0.3, -0.25) is 4.79 Å². The molecule has 0 saturated heterocycles. The van der Waals surface area contributed by atoms with Crippen molar-refractivity contribution in [3.63, 3.8) is 0 Å². The predicted octanol–water partition coefficient (Wildman–Crippen LogP) is 0.556. The van der Waals surface area contributed by atoms with Gasteiger partial charge in [-0.2, -0.15) is 4.72 Å². The predicted molar refractivity (Wildman–Crippen MR) is 67.3 cm³/mol. The second kappa shape index (κ2) is 5.54. The van der Waals surface area contributed by atoms with Crippen LogP contribution < -0.4 is 10.5 Å². The Bertz CT molecular complexity index is 601. The number of nitrogens with two attached hydrogens (primary N) is 1. The number of carbonyl (C=O) groups is 1. The summed E-state index contributed by atoms with van der Waals surface area (Å²) in [6.07, 6.45) is 0. The quantitative estimate of drug-likeness (QED) is 0.623. The third-order valence-corrected chi connectivity index (χ3v) is 4.05. The zero-order chi connectivity index (χ0) is 14.8. The van der Waals surface area contributed by atoms with Crippen LogP contribution >= 0.6 is 0 Å². The van der Waals surface area contributed by atoms with Crippen LogP contribution in [0.1, 0.15) is 12.5 Å². The maximum absolute atomic E-state index is 13.7. The molecule has 0 amide bonds. The number of esters is 1. The number of anilines is 1. The number of hydrogen-bond donors (Lipinski definition) is 2. The largest absolute Gasteiger partial charge is 0.468 e. The van der Waals surface area contributed by atoms with E-state index in [1.54, 1.807) is 6.92 Å². The summed E-state index contributed by atoms with van der Waals surface area (Å²) in [6.45, 7) is 2.85. The Morgan fingerprint density at radius 1 is 1.47 bits per heavy atom. The van der Waals surface area contributed by atoms with Crippen molar-refractivity contribution in [2.24, 2.45) is 0 Å². The average molecular weight is 290 g/mol. The number of nitrogen functional groups attached to an aromatic ring is 1. The second-order valence-corrected chi connectivity index (χ2v) is 5.69. The molecule has 106 valence electrons. The molecule has 1 rings (SSSR count). The van der Waals surface area contributed by atoms with Gasteiger partial charge < -0.3 is 10.5 Å². The van der Waals surface area contributed by atoms with Gasteiger partial charge in [0.1, 0.15) is 16.8 Å². The monoisotopic (exact) mass is 290 g/mol. The number of halogens is 1. The summed E-state index contributed by atoms with van der Waals surface area (Å²) in [4.78, 5) is 10.6. The number of ether oxygens (including phenoxy) is 1. The maximum Gasteiger partial charge on any atom is 0.323 e. The molecule has 0 spiro atoms. The number of rotatable bonds is 4. The molecule has 0 aliphatic carbocycles. The smallest absolute Gasteiger partial charge is 0.323 e. The van der Waals surface area contributed by atoms with E-state index in [0.29, 0.717) is 5.56 Å². The summed E-state index contributed by atoms with van der Waals surface area (Å²) in [7, 11) is -3.07. The number of sulfonamides is 1. The van der Waals surface area contributed by atoms with Crippen molar-refractivity contribution in [3.05, 3.63) is 23.5 Å². The highest BCUT2D eigenvalue weighted by molar-refractivity contribution is 7.89. The highest BCUT2D eigenvalue weighted by atomic mass is 32.2. The van der Waals surface area contributed by atoms with Gasteiger partial charge in [-0.15, -0.1) is 0 Å². The molecule has 0 fully saturated rings. The van der Waals surface area contributed by atoms with Crippen LogP contribution in [-0.4, -0.2) is 27.5 Å². The Morgan fingerprint density at radius 3 is 2.58 bits per heavy atom. The average Bonchev–Trinajstić information content (AvgIpc) is 2.31. The maximum atomic E-state index is 13.7. The van der Waals surface area contributed by atoms with Gasteiger partial charge in [0.15, 0.2) is 0 Å². The van der Waals surface area contributed by atoms with Gasteiger partial charge in [0.2, 0.25) is 10.0 Å². The van der Waals surface area contributed by atoms with Gasteiger partial charge in [-0.25, -0.2) is 12.8 Å². The van der Waals surface area contributed by atoms with Crippen LogP contribution in [0.25, 0.3) is 0 Å². The number of carbonyl (C=O) groups excluding carboxylic acids is 1. The Kier molecular flexibility index (Phi) is 4.48. The number of aryl methyl sites for hydroxylation is 1. The lowest BCUT2D eigenvalue weighted by Crippen LogP contribution is -2.39. The van der Waals surface area contributed by atoms with Crippen LogP contribution in [0.3, 0.4) is 0 Å². The van der Waals surface area contributed by atoms with Crippen molar-refractivity contribution in [2.45, 2.75) is 24.8 Å². The number of methoxy groups -OCH3 is 1. The van der Waals surface area contributed by atoms with E-state index in [1.807, 2.05) is 4.72 Å². The summed E-state index contributed by atoms with van der Waals surface area (Å²) in [5.41, 5.74) is 6.13. The molecule has 1 atom stereocenters. The van der Waals surface area contributed by atoms with E-state index in [0.717, 1.165) is 19.2 Å². The SMILES string of the molecule is COC(=O)C(C)NS(=O)(=O)c1cc(N)c(C)cc1F. The van der Waals surface area contributed by atoms with Crippen LogP contribution in [0.2, 0.25) is 0 Å². The summed E-state index contributed by atoms with van der Waals surface area (Å²) < 4.78 is 43.9. The first-order chi connectivity index (χ1) is 8.69. The fraction of sp³-hybridized carbons (Fsp3) is 0.364. The zero-order valence-corrected chi connectivity index (χ0v) is 11.5.